The van der Waals surface area contributed by atoms with E-state index >= 15 is 0 Å². The molecular weight excluding hydrogens is 232 g/mol. The van der Waals surface area contributed by atoms with Crippen LogP contribution >= 0.6 is 12.4 Å². The second-order valence-corrected chi connectivity index (χ2v) is 4.80. The van der Waals surface area contributed by atoms with Crippen molar-refractivity contribution in [2.24, 2.45) is 11.7 Å². The molecule has 96 valence electrons. The molecule has 0 bridgehead atoms. The highest BCUT2D eigenvalue weighted by Gasteiger charge is 2.20. The molecule has 1 aliphatic rings. The Morgan fingerprint density at radius 1 is 1.24 bits per heavy atom. The van der Waals surface area contributed by atoms with Gasteiger partial charge in [0.1, 0.15) is 0 Å². The van der Waals surface area contributed by atoms with Gasteiger partial charge in [-0.05, 0) is 43.0 Å². The molecule has 1 unspecified atom stereocenters. The molecule has 1 aromatic rings. The van der Waals surface area contributed by atoms with Crippen LogP contribution in [0.2, 0.25) is 0 Å². The summed E-state index contributed by atoms with van der Waals surface area (Å²) in [5, 5.41) is 0. The smallest absolute Gasteiger partial charge is 0.0233 e. The van der Waals surface area contributed by atoms with Crippen LogP contribution in [0.1, 0.15) is 24.5 Å². The van der Waals surface area contributed by atoms with E-state index in [2.05, 4.69) is 36.1 Å². The fourth-order valence-corrected chi connectivity index (χ4v) is 2.39. The minimum absolute atomic E-state index is 0. The monoisotopic (exact) mass is 254 g/mol. The van der Waals surface area contributed by atoms with Crippen molar-refractivity contribution in [3.05, 3.63) is 35.4 Å². The highest BCUT2D eigenvalue weighted by Crippen LogP contribution is 2.17. The van der Waals surface area contributed by atoms with Gasteiger partial charge in [0.2, 0.25) is 0 Å². The van der Waals surface area contributed by atoms with Crippen molar-refractivity contribution in [2.75, 3.05) is 19.6 Å². The van der Waals surface area contributed by atoms with Crippen LogP contribution in [-0.2, 0) is 13.0 Å². The van der Waals surface area contributed by atoms with Crippen molar-refractivity contribution in [1.29, 1.82) is 0 Å². The first-order chi connectivity index (χ1) is 7.81. The lowest BCUT2D eigenvalue weighted by atomic mass is 10.1. The molecule has 0 aromatic heterocycles. The van der Waals surface area contributed by atoms with E-state index in [1.165, 1.54) is 30.6 Å². The quantitative estimate of drug-likeness (QED) is 0.895. The lowest BCUT2D eigenvalue weighted by Crippen LogP contribution is -2.22. The van der Waals surface area contributed by atoms with Crippen LogP contribution in [0.4, 0.5) is 0 Å². The molecule has 1 atom stereocenters. The van der Waals surface area contributed by atoms with Crippen LogP contribution < -0.4 is 5.73 Å². The number of benzene rings is 1. The predicted molar refractivity (Wildman–Crippen MR) is 75.5 cm³/mol. The Labute approximate surface area is 111 Å². The molecule has 17 heavy (non-hydrogen) atoms. The number of nitrogens with two attached hydrogens (primary N) is 1. The van der Waals surface area contributed by atoms with Crippen molar-refractivity contribution >= 4 is 12.4 Å². The standard InChI is InChI=1S/C14H22N2.ClH/c1-2-12-3-5-13(6-4-12)10-16-8-7-14(9-15)11-16;/h3-6,14H,2,7-11,15H2,1H3;1H. The lowest BCUT2D eigenvalue weighted by molar-refractivity contribution is 0.318. The zero-order valence-corrected chi connectivity index (χ0v) is 11.4. The fourth-order valence-electron chi connectivity index (χ4n) is 2.39. The van der Waals surface area contributed by atoms with Crippen LogP contribution in [0.25, 0.3) is 0 Å². The highest BCUT2D eigenvalue weighted by atomic mass is 35.5. The Balaban J connectivity index is 0.00000144. The van der Waals surface area contributed by atoms with Gasteiger partial charge in [0.25, 0.3) is 0 Å². The Kier molecular flexibility index (Phi) is 5.96. The summed E-state index contributed by atoms with van der Waals surface area (Å²) in [6.07, 6.45) is 2.39. The van der Waals surface area contributed by atoms with Gasteiger partial charge in [-0.1, -0.05) is 31.2 Å². The number of nitrogens with zero attached hydrogens (tertiary/aromatic N) is 1. The van der Waals surface area contributed by atoms with Gasteiger partial charge in [-0.2, -0.15) is 0 Å². The van der Waals surface area contributed by atoms with Gasteiger partial charge < -0.3 is 5.73 Å². The summed E-state index contributed by atoms with van der Waals surface area (Å²) in [6.45, 7) is 6.50. The van der Waals surface area contributed by atoms with Crippen molar-refractivity contribution < 1.29 is 0 Å². The van der Waals surface area contributed by atoms with Gasteiger partial charge >= 0.3 is 0 Å². The summed E-state index contributed by atoms with van der Waals surface area (Å²) in [7, 11) is 0. The van der Waals surface area contributed by atoms with E-state index in [9.17, 15) is 0 Å². The minimum atomic E-state index is 0. The average molecular weight is 255 g/mol. The van der Waals surface area contributed by atoms with Crippen LogP contribution in [0.5, 0.6) is 0 Å². The normalized spacial score (nSPS) is 20.2. The summed E-state index contributed by atoms with van der Waals surface area (Å²) in [4.78, 5) is 2.51. The first-order valence-electron chi connectivity index (χ1n) is 6.32. The number of rotatable bonds is 4. The van der Waals surface area contributed by atoms with Crippen molar-refractivity contribution in [3.63, 3.8) is 0 Å². The summed E-state index contributed by atoms with van der Waals surface area (Å²) in [5.74, 6) is 0.718. The maximum atomic E-state index is 5.70. The molecule has 1 aliphatic heterocycles. The lowest BCUT2D eigenvalue weighted by Gasteiger charge is -2.15. The van der Waals surface area contributed by atoms with Crippen LogP contribution in [0, 0.1) is 5.92 Å². The van der Waals surface area contributed by atoms with Gasteiger partial charge in [0.05, 0.1) is 0 Å². The van der Waals surface area contributed by atoms with E-state index in [-0.39, 0.29) is 12.4 Å². The molecule has 0 aliphatic carbocycles. The molecular formula is C14H23ClN2. The van der Waals surface area contributed by atoms with E-state index in [0.29, 0.717) is 0 Å². The van der Waals surface area contributed by atoms with E-state index in [1.54, 1.807) is 0 Å². The molecule has 0 saturated carbocycles. The van der Waals surface area contributed by atoms with E-state index in [0.717, 1.165) is 25.4 Å². The number of likely N-dealkylation sites (tertiary alicyclic amines) is 1. The van der Waals surface area contributed by atoms with Gasteiger partial charge in [-0.15, -0.1) is 12.4 Å². The molecule has 0 spiro atoms. The van der Waals surface area contributed by atoms with E-state index in [1.807, 2.05) is 0 Å². The summed E-state index contributed by atoms with van der Waals surface area (Å²) < 4.78 is 0. The van der Waals surface area contributed by atoms with Crippen molar-refractivity contribution in [1.82, 2.24) is 4.90 Å². The number of halogens is 1. The Bertz CT molecular complexity index is 323. The zero-order valence-electron chi connectivity index (χ0n) is 10.6. The maximum Gasteiger partial charge on any atom is 0.0233 e. The molecule has 2 N–H and O–H groups in total. The Morgan fingerprint density at radius 2 is 1.88 bits per heavy atom. The topological polar surface area (TPSA) is 29.3 Å². The van der Waals surface area contributed by atoms with E-state index in [4.69, 9.17) is 5.73 Å². The summed E-state index contributed by atoms with van der Waals surface area (Å²) >= 11 is 0. The minimum Gasteiger partial charge on any atom is -0.330 e. The Hall–Kier alpha value is -0.570. The van der Waals surface area contributed by atoms with Gasteiger partial charge in [0, 0.05) is 13.1 Å². The molecule has 1 saturated heterocycles. The molecule has 1 aromatic carbocycles. The number of hydrogen-bond acceptors (Lipinski definition) is 2. The summed E-state index contributed by atoms with van der Waals surface area (Å²) in [5.41, 5.74) is 8.55. The van der Waals surface area contributed by atoms with Gasteiger partial charge in [0.15, 0.2) is 0 Å². The first kappa shape index (κ1) is 14.5. The largest absolute Gasteiger partial charge is 0.330 e. The molecule has 1 fully saturated rings. The zero-order chi connectivity index (χ0) is 11.4. The van der Waals surface area contributed by atoms with Gasteiger partial charge in [-0.3, -0.25) is 4.90 Å². The average Bonchev–Trinajstić information content (AvgIpc) is 2.78. The maximum absolute atomic E-state index is 5.70. The van der Waals surface area contributed by atoms with Crippen LogP contribution in [-0.4, -0.2) is 24.5 Å². The van der Waals surface area contributed by atoms with Crippen LogP contribution in [0.3, 0.4) is 0 Å². The fraction of sp³-hybridized carbons (Fsp3) is 0.571. The van der Waals surface area contributed by atoms with Gasteiger partial charge in [-0.25, -0.2) is 0 Å². The second kappa shape index (κ2) is 7.00. The third kappa shape index (κ3) is 3.98. The van der Waals surface area contributed by atoms with Crippen molar-refractivity contribution in [2.45, 2.75) is 26.3 Å². The third-order valence-electron chi connectivity index (χ3n) is 3.54. The molecule has 0 amide bonds. The first-order valence-corrected chi connectivity index (χ1v) is 6.32. The molecule has 1 heterocycles. The highest BCUT2D eigenvalue weighted by molar-refractivity contribution is 5.85. The second-order valence-electron chi connectivity index (χ2n) is 4.80. The molecule has 0 radical (unpaired) electrons. The molecule has 2 rings (SSSR count). The van der Waals surface area contributed by atoms with Crippen molar-refractivity contribution in [3.8, 4) is 0 Å². The molecule has 3 heteroatoms. The predicted octanol–water partition coefficient (Wildman–Crippen LogP) is 2.45. The SMILES string of the molecule is CCc1ccc(CN2CCC(CN)C2)cc1.Cl. The summed E-state index contributed by atoms with van der Waals surface area (Å²) in [6, 6.07) is 9.00. The molecule has 2 nitrogen and oxygen atoms in total. The Morgan fingerprint density at radius 3 is 2.41 bits per heavy atom. The van der Waals surface area contributed by atoms with E-state index < -0.39 is 0 Å². The number of hydrogen-bond donors (Lipinski definition) is 1. The number of aryl methyl sites for hydroxylation is 1. The van der Waals surface area contributed by atoms with Crippen LogP contribution in [0.15, 0.2) is 24.3 Å². The third-order valence-corrected chi connectivity index (χ3v) is 3.54.